The van der Waals surface area contributed by atoms with Gasteiger partial charge in [0.05, 0.1) is 16.8 Å². The van der Waals surface area contributed by atoms with Gasteiger partial charge in [-0.05, 0) is 69.7 Å². The Morgan fingerprint density at radius 2 is 1.92 bits per heavy atom. The Kier molecular flexibility index (Phi) is 5.73. The van der Waals surface area contributed by atoms with Gasteiger partial charge >= 0.3 is 6.01 Å². The van der Waals surface area contributed by atoms with Crippen molar-refractivity contribution in [2.45, 2.75) is 93.7 Å². The van der Waals surface area contributed by atoms with Gasteiger partial charge in [0.2, 0.25) is 0 Å². The Morgan fingerprint density at radius 1 is 1.08 bits per heavy atom. The predicted molar refractivity (Wildman–Crippen MR) is 149 cm³/mol. The lowest BCUT2D eigenvalue weighted by Gasteiger charge is -2.49. The second-order valence-corrected chi connectivity index (χ2v) is 13.2. The first-order valence-electron chi connectivity index (χ1n) is 15.2. The Hall–Kier alpha value is -2.29. The standard InChI is InChI=1S/C31H41FN6O/c1-36-19-25-27(15-31(36)12-4-7-21-6-2-3-8-26(21)31)34-29(35-28(25)37-17-23-9-10-24(18-37)33-23)39-20-30-11-5-13-38(30)16-22(32)14-30/h2-3,6,8,22-24,33H,4-5,7,9-20H2,1H3/t22-,23-,24?,30+,31+/m1/s1. The Morgan fingerprint density at radius 3 is 2.79 bits per heavy atom. The van der Waals surface area contributed by atoms with Crippen molar-refractivity contribution in [3.05, 3.63) is 46.6 Å². The highest BCUT2D eigenvalue weighted by Crippen LogP contribution is 2.47. The molecule has 208 valence electrons. The van der Waals surface area contributed by atoms with Gasteiger partial charge in [-0.2, -0.15) is 9.97 Å². The van der Waals surface area contributed by atoms with E-state index in [0.29, 0.717) is 37.7 Å². The zero-order valence-corrected chi connectivity index (χ0v) is 23.2. The number of benzene rings is 1. The first-order chi connectivity index (χ1) is 19.0. The van der Waals surface area contributed by atoms with E-state index in [1.54, 1.807) is 0 Å². The highest BCUT2D eigenvalue weighted by Gasteiger charge is 2.50. The first kappa shape index (κ1) is 24.5. The number of anilines is 1. The number of aryl methyl sites for hydroxylation is 1. The van der Waals surface area contributed by atoms with Gasteiger partial charge in [-0.15, -0.1) is 0 Å². The zero-order chi connectivity index (χ0) is 26.2. The van der Waals surface area contributed by atoms with Crippen LogP contribution >= 0.6 is 0 Å². The van der Waals surface area contributed by atoms with Crippen LogP contribution in [0.1, 0.15) is 67.3 Å². The van der Waals surface area contributed by atoms with Gasteiger partial charge in [0, 0.05) is 56.7 Å². The molecule has 0 amide bonds. The molecule has 5 atom stereocenters. The SMILES string of the molecule is CN1Cc2c(nc(OC[C@@]34CCCN3C[C@H](F)C4)nc2N2CC3CC[C@H](C2)N3)C[C@]12CCCc1ccccc12. The maximum absolute atomic E-state index is 14.4. The molecule has 6 heterocycles. The van der Waals surface area contributed by atoms with Crippen LogP contribution in [0.4, 0.5) is 10.2 Å². The molecule has 7 nitrogen and oxygen atoms in total. The molecule has 2 bridgehead atoms. The number of rotatable bonds is 4. The van der Waals surface area contributed by atoms with Crippen molar-refractivity contribution in [3.8, 4) is 6.01 Å². The Labute approximate surface area is 231 Å². The summed E-state index contributed by atoms with van der Waals surface area (Å²) in [5, 5.41) is 3.77. The molecule has 5 aliphatic heterocycles. The smallest absolute Gasteiger partial charge is 0.318 e. The molecule has 1 N–H and O–H groups in total. The number of hydrogen-bond donors (Lipinski definition) is 1. The van der Waals surface area contributed by atoms with Gasteiger partial charge in [-0.1, -0.05) is 24.3 Å². The van der Waals surface area contributed by atoms with Crippen LogP contribution in [0.15, 0.2) is 24.3 Å². The zero-order valence-electron chi connectivity index (χ0n) is 23.2. The molecule has 4 saturated heterocycles. The van der Waals surface area contributed by atoms with Crippen LogP contribution < -0.4 is 15.0 Å². The Balaban J connectivity index is 1.17. The molecule has 1 spiro atoms. The highest BCUT2D eigenvalue weighted by molar-refractivity contribution is 5.54. The summed E-state index contributed by atoms with van der Waals surface area (Å²) in [5.74, 6) is 1.06. The van der Waals surface area contributed by atoms with Crippen molar-refractivity contribution in [2.24, 2.45) is 0 Å². The van der Waals surface area contributed by atoms with Gasteiger partial charge in [0.1, 0.15) is 18.6 Å². The summed E-state index contributed by atoms with van der Waals surface area (Å²) in [6.07, 6.45) is 8.76. The second kappa shape index (κ2) is 9.11. The topological polar surface area (TPSA) is 56.8 Å². The van der Waals surface area contributed by atoms with E-state index in [-0.39, 0.29) is 11.1 Å². The van der Waals surface area contributed by atoms with E-state index in [4.69, 9.17) is 14.7 Å². The second-order valence-electron chi connectivity index (χ2n) is 13.2. The van der Waals surface area contributed by atoms with Gasteiger partial charge in [-0.25, -0.2) is 4.39 Å². The van der Waals surface area contributed by atoms with Crippen molar-refractivity contribution in [3.63, 3.8) is 0 Å². The number of piperazine rings is 1. The number of likely N-dealkylation sites (N-methyl/N-ethyl adjacent to an activating group) is 1. The number of nitrogens with one attached hydrogen (secondary N) is 1. The average Bonchev–Trinajstić information content (AvgIpc) is 3.58. The fourth-order valence-corrected chi connectivity index (χ4v) is 9.03. The van der Waals surface area contributed by atoms with Crippen LogP contribution in [0, 0.1) is 0 Å². The Bertz CT molecular complexity index is 1260. The molecule has 39 heavy (non-hydrogen) atoms. The normalized spacial score (nSPS) is 35.7. The minimum Gasteiger partial charge on any atom is -0.461 e. The third-order valence-corrected chi connectivity index (χ3v) is 10.9. The molecule has 2 aromatic rings. The summed E-state index contributed by atoms with van der Waals surface area (Å²) < 4.78 is 20.9. The van der Waals surface area contributed by atoms with E-state index in [1.807, 2.05) is 0 Å². The maximum Gasteiger partial charge on any atom is 0.318 e. The van der Waals surface area contributed by atoms with Crippen molar-refractivity contribution < 1.29 is 9.13 Å². The highest BCUT2D eigenvalue weighted by atomic mass is 19.1. The van der Waals surface area contributed by atoms with E-state index >= 15 is 0 Å². The fourth-order valence-electron chi connectivity index (χ4n) is 9.03. The number of fused-ring (bicyclic) bond motifs is 6. The lowest BCUT2D eigenvalue weighted by Crippen LogP contribution is -2.53. The van der Waals surface area contributed by atoms with Gasteiger partial charge in [-0.3, -0.25) is 9.80 Å². The van der Waals surface area contributed by atoms with Crippen LogP contribution in [0.25, 0.3) is 0 Å². The van der Waals surface area contributed by atoms with Gasteiger partial charge in [0.15, 0.2) is 0 Å². The average molecular weight is 533 g/mol. The molecule has 1 aliphatic carbocycles. The van der Waals surface area contributed by atoms with Gasteiger partial charge < -0.3 is 15.0 Å². The minimum atomic E-state index is -0.757. The lowest BCUT2D eigenvalue weighted by atomic mass is 9.71. The summed E-state index contributed by atoms with van der Waals surface area (Å²) in [7, 11) is 2.29. The number of aromatic nitrogens is 2. The summed E-state index contributed by atoms with van der Waals surface area (Å²) in [5.41, 5.74) is 5.12. The largest absolute Gasteiger partial charge is 0.461 e. The summed E-state index contributed by atoms with van der Waals surface area (Å²) in [6.45, 7) is 4.80. The third-order valence-electron chi connectivity index (χ3n) is 10.9. The molecule has 0 radical (unpaired) electrons. The van der Waals surface area contributed by atoms with Crippen LogP contribution in [0.2, 0.25) is 0 Å². The fraction of sp³-hybridized carbons (Fsp3) is 0.677. The molecule has 1 aromatic heterocycles. The molecule has 8 heteroatoms. The lowest BCUT2D eigenvalue weighted by molar-refractivity contribution is 0.0713. The van der Waals surface area contributed by atoms with E-state index in [1.165, 1.54) is 36.0 Å². The van der Waals surface area contributed by atoms with Crippen molar-refractivity contribution in [2.75, 3.05) is 44.7 Å². The number of alkyl halides is 1. The predicted octanol–water partition coefficient (Wildman–Crippen LogP) is 3.59. The molecule has 8 rings (SSSR count). The van der Waals surface area contributed by atoms with Gasteiger partial charge in [0.25, 0.3) is 0 Å². The molecule has 1 unspecified atom stereocenters. The third kappa shape index (κ3) is 3.92. The quantitative estimate of drug-likeness (QED) is 0.646. The van der Waals surface area contributed by atoms with Crippen molar-refractivity contribution >= 4 is 5.82 Å². The molecule has 0 saturated carbocycles. The minimum absolute atomic E-state index is 0.0406. The molecular formula is C31H41FN6O. The van der Waals surface area contributed by atoms with Crippen molar-refractivity contribution in [1.82, 2.24) is 25.1 Å². The number of ether oxygens (including phenoxy) is 1. The first-order valence-corrected chi connectivity index (χ1v) is 15.2. The summed E-state index contributed by atoms with van der Waals surface area (Å²) >= 11 is 0. The molecule has 6 aliphatic rings. The molecule has 1 aromatic carbocycles. The molecular weight excluding hydrogens is 491 g/mol. The number of halogens is 1. The van der Waals surface area contributed by atoms with E-state index < -0.39 is 6.17 Å². The van der Waals surface area contributed by atoms with Crippen LogP contribution in [-0.4, -0.2) is 83.4 Å². The van der Waals surface area contributed by atoms with Crippen LogP contribution in [0.5, 0.6) is 6.01 Å². The summed E-state index contributed by atoms with van der Waals surface area (Å²) in [6, 6.07) is 10.6. The van der Waals surface area contributed by atoms with Crippen LogP contribution in [-0.2, 0) is 24.9 Å². The maximum atomic E-state index is 14.4. The molecule has 4 fully saturated rings. The van der Waals surface area contributed by atoms with E-state index in [9.17, 15) is 4.39 Å². The van der Waals surface area contributed by atoms with Crippen molar-refractivity contribution in [1.29, 1.82) is 0 Å². The van der Waals surface area contributed by atoms with E-state index in [0.717, 1.165) is 69.8 Å². The number of nitrogens with zero attached hydrogens (tertiary/aromatic N) is 5. The number of hydrogen-bond acceptors (Lipinski definition) is 7. The summed E-state index contributed by atoms with van der Waals surface area (Å²) in [4.78, 5) is 17.7. The van der Waals surface area contributed by atoms with E-state index in [2.05, 4.69) is 51.3 Å². The van der Waals surface area contributed by atoms with Crippen LogP contribution in [0.3, 0.4) is 0 Å². The monoisotopic (exact) mass is 532 g/mol.